The second-order valence-electron chi connectivity index (χ2n) is 4.34. The number of hydrogen-bond acceptors (Lipinski definition) is 4. The van der Waals surface area contributed by atoms with Crippen molar-refractivity contribution in [3.05, 3.63) is 52.0 Å². The average molecular weight is 348 g/mol. The molecular formula is C15H10BrNO4. The molecule has 106 valence electrons. The molecule has 0 amide bonds. The summed E-state index contributed by atoms with van der Waals surface area (Å²) in [6.07, 6.45) is 1.59. The number of carboxylic acid groups (broad SMARTS) is 1. The molecule has 5 nitrogen and oxygen atoms in total. The molecule has 1 aliphatic rings. The quantitative estimate of drug-likeness (QED) is 0.861. The van der Waals surface area contributed by atoms with Crippen molar-refractivity contribution in [1.29, 1.82) is 0 Å². The van der Waals surface area contributed by atoms with Crippen molar-refractivity contribution in [3.63, 3.8) is 0 Å². The Bertz CT molecular complexity index is 742. The number of carbonyl (C=O) groups is 1. The summed E-state index contributed by atoms with van der Waals surface area (Å²) >= 11 is 3.25. The van der Waals surface area contributed by atoms with Gasteiger partial charge >= 0.3 is 5.97 Å². The van der Waals surface area contributed by atoms with Crippen LogP contribution in [0.25, 0.3) is 0 Å². The first-order valence-corrected chi connectivity index (χ1v) is 6.89. The highest BCUT2D eigenvalue weighted by Gasteiger charge is 2.13. The molecule has 1 aliphatic heterocycles. The lowest BCUT2D eigenvalue weighted by Crippen LogP contribution is -1.96. The van der Waals surface area contributed by atoms with E-state index in [1.54, 1.807) is 30.5 Å². The van der Waals surface area contributed by atoms with Crippen molar-refractivity contribution in [3.8, 4) is 11.5 Å². The van der Waals surface area contributed by atoms with E-state index in [0.29, 0.717) is 21.7 Å². The summed E-state index contributed by atoms with van der Waals surface area (Å²) in [6.45, 7) is 0.214. The van der Waals surface area contributed by atoms with E-state index in [4.69, 9.17) is 9.47 Å². The largest absolute Gasteiger partial charge is 0.478 e. The summed E-state index contributed by atoms with van der Waals surface area (Å²) in [5.41, 5.74) is 1.34. The maximum atomic E-state index is 11.2. The van der Waals surface area contributed by atoms with Crippen LogP contribution >= 0.6 is 15.9 Å². The van der Waals surface area contributed by atoms with Gasteiger partial charge in [0.15, 0.2) is 11.5 Å². The molecule has 0 aromatic heterocycles. The van der Waals surface area contributed by atoms with Crippen molar-refractivity contribution in [2.75, 3.05) is 6.79 Å². The Morgan fingerprint density at radius 3 is 2.81 bits per heavy atom. The molecule has 0 bridgehead atoms. The average Bonchev–Trinajstić information content (AvgIpc) is 2.93. The number of carboxylic acids is 1. The molecule has 0 radical (unpaired) electrons. The number of ether oxygens (including phenoxy) is 2. The van der Waals surface area contributed by atoms with Crippen LogP contribution in [0.1, 0.15) is 15.9 Å². The Labute approximate surface area is 129 Å². The lowest BCUT2D eigenvalue weighted by molar-refractivity contribution is 0.0697. The zero-order valence-corrected chi connectivity index (χ0v) is 12.3. The van der Waals surface area contributed by atoms with Crippen LogP contribution in [-0.2, 0) is 0 Å². The highest BCUT2D eigenvalue weighted by atomic mass is 79.9. The van der Waals surface area contributed by atoms with Gasteiger partial charge in [0.05, 0.1) is 11.3 Å². The van der Waals surface area contributed by atoms with Crippen molar-refractivity contribution in [2.45, 2.75) is 0 Å². The zero-order valence-electron chi connectivity index (χ0n) is 10.7. The second kappa shape index (κ2) is 5.57. The molecule has 1 N–H and O–H groups in total. The van der Waals surface area contributed by atoms with Crippen LogP contribution in [-0.4, -0.2) is 24.1 Å². The van der Waals surface area contributed by atoms with Crippen molar-refractivity contribution in [2.24, 2.45) is 4.99 Å². The van der Waals surface area contributed by atoms with Gasteiger partial charge < -0.3 is 14.6 Å². The van der Waals surface area contributed by atoms with Gasteiger partial charge in [0.25, 0.3) is 0 Å². The first-order valence-electron chi connectivity index (χ1n) is 6.10. The number of rotatable bonds is 3. The molecular weight excluding hydrogens is 338 g/mol. The summed E-state index contributed by atoms with van der Waals surface area (Å²) in [5, 5.41) is 9.18. The Kier molecular flexibility index (Phi) is 3.62. The molecule has 2 aromatic carbocycles. The molecule has 3 rings (SSSR count). The van der Waals surface area contributed by atoms with E-state index in [1.165, 1.54) is 6.07 Å². The summed E-state index contributed by atoms with van der Waals surface area (Å²) in [6, 6.07) is 10.3. The van der Waals surface area contributed by atoms with E-state index in [9.17, 15) is 9.90 Å². The van der Waals surface area contributed by atoms with Crippen molar-refractivity contribution < 1.29 is 19.4 Å². The van der Waals surface area contributed by atoms with E-state index in [0.717, 1.165) is 5.56 Å². The third kappa shape index (κ3) is 2.90. The lowest BCUT2D eigenvalue weighted by atomic mass is 10.2. The first kappa shape index (κ1) is 13.6. The summed E-state index contributed by atoms with van der Waals surface area (Å²) in [5.74, 6) is 0.337. The SMILES string of the molecule is O=C(O)c1cc(Br)ccc1N=Cc1ccc2c(c1)OCO2. The maximum Gasteiger partial charge on any atom is 0.337 e. The number of aromatic carboxylic acids is 1. The van der Waals surface area contributed by atoms with E-state index >= 15 is 0 Å². The third-order valence-corrected chi connectivity index (χ3v) is 3.43. The molecule has 0 spiro atoms. The smallest absolute Gasteiger partial charge is 0.337 e. The van der Waals surface area contributed by atoms with Gasteiger partial charge in [-0.1, -0.05) is 15.9 Å². The standard InChI is InChI=1S/C15H10BrNO4/c16-10-2-3-12(11(6-10)15(18)19)17-7-9-1-4-13-14(5-9)21-8-20-13/h1-7H,8H2,(H,18,19). The Hall–Kier alpha value is -2.34. The van der Waals surface area contributed by atoms with E-state index in [-0.39, 0.29) is 12.4 Å². The van der Waals surface area contributed by atoms with Gasteiger partial charge in [0.2, 0.25) is 6.79 Å². The fourth-order valence-corrected chi connectivity index (χ4v) is 2.29. The molecule has 21 heavy (non-hydrogen) atoms. The second-order valence-corrected chi connectivity index (χ2v) is 5.25. The minimum atomic E-state index is -1.02. The van der Waals surface area contributed by atoms with Crippen LogP contribution in [0.3, 0.4) is 0 Å². The molecule has 0 aliphatic carbocycles. The zero-order chi connectivity index (χ0) is 14.8. The maximum absolute atomic E-state index is 11.2. The van der Waals surface area contributed by atoms with Crippen molar-refractivity contribution in [1.82, 2.24) is 0 Å². The summed E-state index contributed by atoms with van der Waals surface area (Å²) in [7, 11) is 0. The number of hydrogen-bond donors (Lipinski definition) is 1. The normalized spacial score (nSPS) is 12.8. The van der Waals surface area contributed by atoms with Crippen LogP contribution in [0, 0.1) is 0 Å². The predicted octanol–water partition coefficient (Wildman–Crippen LogP) is 3.63. The van der Waals surface area contributed by atoms with Gasteiger partial charge in [-0.15, -0.1) is 0 Å². The topological polar surface area (TPSA) is 68.1 Å². The summed E-state index contributed by atoms with van der Waals surface area (Å²) < 4.78 is 11.2. The molecule has 2 aromatic rings. The van der Waals surface area contributed by atoms with E-state index in [1.807, 2.05) is 6.07 Å². The fourth-order valence-electron chi connectivity index (χ4n) is 1.93. The lowest BCUT2D eigenvalue weighted by Gasteiger charge is -2.02. The Balaban J connectivity index is 1.91. The van der Waals surface area contributed by atoms with Crippen LogP contribution in [0.15, 0.2) is 45.9 Å². The van der Waals surface area contributed by atoms with Gasteiger partial charge in [-0.3, -0.25) is 4.99 Å². The molecule has 6 heteroatoms. The molecule has 0 unspecified atom stereocenters. The molecule has 0 atom stereocenters. The van der Waals surface area contributed by atoms with Gasteiger partial charge in [0, 0.05) is 10.7 Å². The van der Waals surface area contributed by atoms with Crippen molar-refractivity contribution >= 4 is 33.8 Å². The highest BCUT2D eigenvalue weighted by Crippen LogP contribution is 2.32. The Morgan fingerprint density at radius 1 is 1.19 bits per heavy atom. The fraction of sp³-hybridized carbons (Fsp3) is 0.0667. The van der Waals surface area contributed by atoms with E-state index in [2.05, 4.69) is 20.9 Å². The van der Waals surface area contributed by atoms with Gasteiger partial charge in [-0.05, 0) is 42.0 Å². The number of fused-ring (bicyclic) bond motifs is 1. The van der Waals surface area contributed by atoms with Gasteiger partial charge in [-0.25, -0.2) is 4.79 Å². The third-order valence-electron chi connectivity index (χ3n) is 2.94. The first-order chi connectivity index (χ1) is 10.1. The Morgan fingerprint density at radius 2 is 2.00 bits per heavy atom. The molecule has 1 heterocycles. The number of aliphatic imine (C=N–C) groups is 1. The molecule has 0 saturated carbocycles. The highest BCUT2D eigenvalue weighted by molar-refractivity contribution is 9.10. The van der Waals surface area contributed by atoms with Gasteiger partial charge in [-0.2, -0.15) is 0 Å². The monoisotopic (exact) mass is 347 g/mol. The number of nitrogens with zero attached hydrogens (tertiary/aromatic N) is 1. The van der Waals surface area contributed by atoms with Gasteiger partial charge in [0.1, 0.15) is 0 Å². The number of benzene rings is 2. The van der Waals surface area contributed by atoms with E-state index < -0.39 is 5.97 Å². The summed E-state index contributed by atoms with van der Waals surface area (Å²) in [4.78, 5) is 15.4. The van der Waals surface area contributed by atoms with Crippen LogP contribution < -0.4 is 9.47 Å². The van der Waals surface area contributed by atoms with Crippen LogP contribution in [0.5, 0.6) is 11.5 Å². The minimum Gasteiger partial charge on any atom is -0.478 e. The molecule has 0 saturated heterocycles. The minimum absolute atomic E-state index is 0.140. The van der Waals surface area contributed by atoms with Crippen LogP contribution in [0.2, 0.25) is 0 Å². The van der Waals surface area contributed by atoms with Crippen LogP contribution in [0.4, 0.5) is 5.69 Å². The predicted molar refractivity (Wildman–Crippen MR) is 80.9 cm³/mol. The number of halogens is 1. The molecule has 0 fully saturated rings.